The van der Waals surface area contributed by atoms with E-state index in [2.05, 4.69) is 20.4 Å². The molecule has 0 saturated heterocycles. The third-order valence-electron chi connectivity index (χ3n) is 2.49. The Balaban J connectivity index is 2.30. The Bertz CT molecular complexity index is 654. The Kier molecular flexibility index (Phi) is 3.75. The standard InChI is InChI=1S/C11H13ClN6O2/c1-17(2)9-6(12)5-13-11(15-9)14-8-4-7(10(19)20)16-18(8)3/h4-5H,1-3H3,(H,19,20)(H,13,14,15). The molecule has 0 atom stereocenters. The fourth-order valence-corrected chi connectivity index (χ4v) is 1.80. The molecular weight excluding hydrogens is 284 g/mol. The van der Waals surface area contributed by atoms with E-state index in [1.54, 1.807) is 11.9 Å². The van der Waals surface area contributed by atoms with Crippen molar-refractivity contribution in [2.75, 3.05) is 24.3 Å². The van der Waals surface area contributed by atoms with Crippen molar-refractivity contribution in [2.24, 2.45) is 7.05 Å². The van der Waals surface area contributed by atoms with Crippen LogP contribution in [-0.4, -0.2) is 44.9 Å². The predicted octanol–water partition coefficient (Wildman–Crippen LogP) is 1.37. The topological polar surface area (TPSA) is 96.2 Å². The maximum absolute atomic E-state index is 10.8. The fourth-order valence-electron chi connectivity index (χ4n) is 1.54. The molecule has 0 amide bonds. The average Bonchev–Trinajstić information content (AvgIpc) is 2.73. The molecule has 0 radical (unpaired) electrons. The summed E-state index contributed by atoms with van der Waals surface area (Å²) in [5, 5.41) is 16.1. The number of anilines is 3. The summed E-state index contributed by atoms with van der Waals surface area (Å²) in [5.74, 6) is 0.233. The normalized spacial score (nSPS) is 10.4. The number of rotatable bonds is 4. The van der Waals surface area contributed by atoms with E-state index in [0.717, 1.165) is 0 Å². The van der Waals surface area contributed by atoms with Gasteiger partial charge in [-0.05, 0) is 0 Å². The van der Waals surface area contributed by atoms with Gasteiger partial charge in [0.15, 0.2) is 11.5 Å². The lowest BCUT2D eigenvalue weighted by atomic mass is 10.4. The van der Waals surface area contributed by atoms with Gasteiger partial charge >= 0.3 is 5.97 Å². The van der Waals surface area contributed by atoms with Crippen LogP contribution < -0.4 is 10.2 Å². The van der Waals surface area contributed by atoms with Gasteiger partial charge in [0, 0.05) is 27.2 Å². The van der Waals surface area contributed by atoms with Gasteiger partial charge in [-0.25, -0.2) is 9.78 Å². The highest BCUT2D eigenvalue weighted by Crippen LogP contribution is 2.23. The molecule has 2 N–H and O–H groups in total. The molecule has 9 heteroatoms. The molecule has 0 spiro atoms. The highest BCUT2D eigenvalue weighted by Gasteiger charge is 2.13. The van der Waals surface area contributed by atoms with Crippen LogP contribution in [0.15, 0.2) is 12.3 Å². The SMILES string of the molecule is CN(C)c1nc(Nc2cc(C(=O)O)nn2C)ncc1Cl. The van der Waals surface area contributed by atoms with Crippen molar-refractivity contribution in [1.82, 2.24) is 19.7 Å². The molecule has 0 saturated carbocycles. The number of aryl methyl sites for hydroxylation is 1. The minimum Gasteiger partial charge on any atom is -0.476 e. The summed E-state index contributed by atoms with van der Waals surface area (Å²) >= 11 is 5.98. The van der Waals surface area contributed by atoms with Crippen molar-refractivity contribution in [3.63, 3.8) is 0 Å². The third kappa shape index (κ3) is 2.80. The zero-order chi connectivity index (χ0) is 14.9. The second kappa shape index (κ2) is 5.33. The summed E-state index contributed by atoms with van der Waals surface area (Å²) in [6, 6.07) is 1.40. The average molecular weight is 297 g/mol. The van der Waals surface area contributed by atoms with E-state index >= 15 is 0 Å². The number of halogens is 1. The Labute approximate surface area is 120 Å². The van der Waals surface area contributed by atoms with Gasteiger partial charge in [-0.1, -0.05) is 11.6 Å². The first-order valence-corrected chi connectivity index (χ1v) is 6.00. The molecule has 2 aromatic heterocycles. The Morgan fingerprint density at radius 3 is 2.75 bits per heavy atom. The van der Waals surface area contributed by atoms with Gasteiger partial charge in [0.2, 0.25) is 5.95 Å². The largest absolute Gasteiger partial charge is 0.476 e. The van der Waals surface area contributed by atoms with Crippen molar-refractivity contribution < 1.29 is 9.90 Å². The first-order chi connectivity index (χ1) is 9.38. The van der Waals surface area contributed by atoms with Gasteiger partial charge in [0.1, 0.15) is 10.8 Å². The number of aromatic carboxylic acids is 1. The summed E-state index contributed by atoms with van der Waals surface area (Å²) < 4.78 is 1.40. The van der Waals surface area contributed by atoms with E-state index in [1.807, 2.05) is 14.1 Å². The summed E-state index contributed by atoms with van der Waals surface area (Å²) in [5.41, 5.74) is -0.0585. The molecule has 8 nitrogen and oxygen atoms in total. The second-order valence-corrected chi connectivity index (χ2v) is 4.64. The number of nitrogens with one attached hydrogen (secondary N) is 1. The molecule has 2 rings (SSSR count). The fraction of sp³-hybridized carbons (Fsp3) is 0.273. The van der Waals surface area contributed by atoms with Crippen LogP contribution in [-0.2, 0) is 7.05 Å². The van der Waals surface area contributed by atoms with Gasteiger partial charge in [0.05, 0.1) is 6.20 Å². The van der Waals surface area contributed by atoms with Crippen molar-refractivity contribution in [2.45, 2.75) is 0 Å². The smallest absolute Gasteiger partial charge is 0.356 e. The minimum absolute atomic E-state index is 0.0585. The van der Waals surface area contributed by atoms with Crippen LogP contribution in [0.5, 0.6) is 0 Å². The molecule has 0 bridgehead atoms. The predicted molar refractivity (Wildman–Crippen MR) is 74.8 cm³/mol. The minimum atomic E-state index is -1.10. The number of nitrogens with zero attached hydrogens (tertiary/aromatic N) is 5. The van der Waals surface area contributed by atoms with Gasteiger partial charge < -0.3 is 15.3 Å². The molecule has 0 aliphatic rings. The lowest BCUT2D eigenvalue weighted by Gasteiger charge is -2.14. The molecule has 0 fully saturated rings. The van der Waals surface area contributed by atoms with Gasteiger partial charge in [0.25, 0.3) is 0 Å². The maximum atomic E-state index is 10.8. The highest BCUT2D eigenvalue weighted by molar-refractivity contribution is 6.32. The third-order valence-corrected chi connectivity index (χ3v) is 2.75. The van der Waals surface area contributed by atoms with Crippen LogP contribution in [0.3, 0.4) is 0 Å². The second-order valence-electron chi connectivity index (χ2n) is 4.23. The van der Waals surface area contributed by atoms with Crippen LogP contribution in [0.25, 0.3) is 0 Å². The Morgan fingerprint density at radius 1 is 1.50 bits per heavy atom. The number of carboxylic acid groups (broad SMARTS) is 1. The summed E-state index contributed by atoms with van der Waals surface area (Å²) in [4.78, 5) is 20.9. The summed E-state index contributed by atoms with van der Waals surface area (Å²) in [6.07, 6.45) is 1.47. The molecule has 0 aliphatic heterocycles. The molecule has 106 valence electrons. The van der Waals surface area contributed by atoms with Gasteiger partial charge in [-0.2, -0.15) is 10.1 Å². The molecule has 2 aromatic rings. The molecule has 20 heavy (non-hydrogen) atoms. The zero-order valence-corrected chi connectivity index (χ0v) is 11.9. The molecular formula is C11H13ClN6O2. The lowest BCUT2D eigenvalue weighted by molar-refractivity contribution is 0.0689. The molecule has 2 heterocycles. The Morgan fingerprint density at radius 2 is 2.20 bits per heavy atom. The zero-order valence-electron chi connectivity index (χ0n) is 11.1. The first kappa shape index (κ1) is 14.1. The van der Waals surface area contributed by atoms with Gasteiger partial charge in [-0.15, -0.1) is 0 Å². The van der Waals surface area contributed by atoms with Crippen molar-refractivity contribution in [3.8, 4) is 0 Å². The monoisotopic (exact) mass is 296 g/mol. The van der Waals surface area contributed by atoms with Crippen LogP contribution >= 0.6 is 11.6 Å². The van der Waals surface area contributed by atoms with Crippen LogP contribution in [0.2, 0.25) is 5.02 Å². The van der Waals surface area contributed by atoms with Crippen LogP contribution in [0.4, 0.5) is 17.6 Å². The van der Waals surface area contributed by atoms with Crippen LogP contribution in [0, 0.1) is 0 Å². The molecule has 0 unspecified atom stereocenters. The number of carboxylic acids is 1. The maximum Gasteiger partial charge on any atom is 0.356 e. The quantitative estimate of drug-likeness (QED) is 0.879. The molecule has 0 aromatic carbocycles. The van der Waals surface area contributed by atoms with E-state index in [9.17, 15) is 4.79 Å². The van der Waals surface area contributed by atoms with E-state index in [4.69, 9.17) is 16.7 Å². The molecule has 0 aliphatic carbocycles. The Hall–Kier alpha value is -2.35. The number of hydrogen-bond acceptors (Lipinski definition) is 6. The van der Waals surface area contributed by atoms with Crippen molar-refractivity contribution in [1.29, 1.82) is 0 Å². The first-order valence-electron chi connectivity index (χ1n) is 5.62. The highest BCUT2D eigenvalue weighted by atomic mass is 35.5. The summed E-state index contributed by atoms with van der Waals surface area (Å²) in [7, 11) is 5.24. The van der Waals surface area contributed by atoms with E-state index in [-0.39, 0.29) is 5.69 Å². The van der Waals surface area contributed by atoms with Gasteiger partial charge in [-0.3, -0.25) is 4.68 Å². The van der Waals surface area contributed by atoms with Crippen molar-refractivity contribution in [3.05, 3.63) is 23.0 Å². The van der Waals surface area contributed by atoms with Crippen molar-refractivity contribution >= 4 is 35.2 Å². The van der Waals surface area contributed by atoms with Crippen LogP contribution in [0.1, 0.15) is 10.5 Å². The summed E-state index contributed by atoms with van der Waals surface area (Å²) in [6.45, 7) is 0. The van der Waals surface area contributed by atoms with E-state index in [1.165, 1.54) is 16.9 Å². The number of hydrogen-bond donors (Lipinski definition) is 2. The number of carbonyl (C=O) groups is 1. The van der Waals surface area contributed by atoms with E-state index in [0.29, 0.717) is 22.6 Å². The number of aromatic nitrogens is 4. The lowest BCUT2D eigenvalue weighted by Crippen LogP contribution is -2.13. The van der Waals surface area contributed by atoms with E-state index < -0.39 is 5.97 Å².